The molecule has 0 fully saturated rings. The molecule has 0 bridgehead atoms. The van der Waals surface area contributed by atoms with Crippen LogP contribution in [0.3, 0.4) is 0 Å². The topological polar surface area (TPSA) is 30.7 Å². The van der Waals surface area contributed by atoms with Gasteiger partial charge in [-0.15, -0.1) is 0 Å². The molecule has 2 aromatic heterocycles. The number of rotatable bonds is 14. The Kier molecular flexibility index (Phi) is 14.0. The summed E-state index contributed by atoms with van der Waals surface area (Å²) in [5, 5.41) is 12.4. The van der Waals surface area contributed by atoms with Gasteiger partial charge in [0.05, 0.1) is 16.7 Å². The molecule has 15 aromatic rings. The largest absolute Gasteiger partial charge is 0.294 e. The van der Waals surface area contributed by atoms with E-state index < -0.39 is 16.1 Å². The number of para-hydroxylation sites is 2. The van der Waals surface area contributed by atoms with Crippen molar-refractivity contribution in [2.24, 2.45) is 0 Å². The molecule has 0 N–H and O–H groups in total. The summed E-state index contributed by atoms with van der Waals surface area (Å²) >= 11 is 0. The quantitative estimate of drug-likeness (QED) is 0.0802. The molecule has 0 radical (unpaired) electrons. The lowest BCUT2D eigenvalue weighted by Crippen LogP contribution is -2.78. The van der Waals surface area contributed by atoms with Crippen LogP contribution < -0.4 is 41.5 Å². The molecule has 0 saturated carbocycles. The molecule has 5 heteroatoms. The van der Waals surface area contributed by atoms with Gasteiger partial charge in [0, 0.05) is 28.0 Å². The van der Waals surface area contributed by atoms with E-state index in [0.29, 0.717) is 5.82 Å². The number of fused-ring (bicyclic) bond motifs is 3. The molecule has 0 amide bonds. The highest BCUT2D eigenvalue weighted by Crippen LogP contribution is 2.34. The van der Waals surface area contributed by atoms with Crippen LogP contribution in [0.2, 0.25) is 0 Å². The summed E-state index contributed by atoms with van der Waals surface area (Å²) in [5.41, 5.74) is 12.0. The molecule has 3 nitrogen and oxygen atoms in total. The van der Waals surface area contributed by atoms with E-state index in [1.807, 2.05) is 0 Å². The monoisotopic (exact) mass is 1140 g/mol. The van der Waals surface area contributed by atoms with Crippen LogP contribution in [-0.4, -0.2) is 30.7 Å². The van der Waals surface area contributed by atoms with Gasteiger partial charge in [-0.05, 0) is 87.0 Å². The molecule has 0 aliphatic heterocycles. The Morgan fingerprint density at radius 3 is 0.897 bits per heavy atom. The molecule has 87 heavy (non-hydrogen) atoms. The summed E-state index contributed by atoms with van der Waals surface area (Å²) in [6.45, 7) is 0. The smallest absolute Gasteiger partial charge is 0.179 e. The van der Waals surface area contributed by atoms with E-state index in [1.165, 1.54) is 85.6 Å². The van der Waals surface area contributed by atoms with Crippen molar-refractivity contribution < 1.29 is 0 Å². The zero-order chi connectivity index (χ0) is 58.0. The van der Waals surface area contributed by atoms with Crippen LogP contribution in [0.4, 0.5) is 0 Å². The summed E-state index contributed by atoms with van der Waals surface area (Å²) in [6.07, 6.45) is 0. The van der Waals surface area contributed by atoms with Gasteiger partial charge in [0.1, 0.15) is 5.82 Å². The second kappa shape index (κ2) is 23.0. The molecule has 13 aromatic carbocycles. The minimum atomic E-state index is -3.52. The van der Waals surface area contributed by atoms with Crippen LogP contribution in [0.5, 0.6) is 0 Å². The maximum Gasteiger partial charge on any atom is 0.179 e. The third-order valence-electron chi connectivity index (χ3n) is 17.5. The van der Waals surface area contributed by atoms with E-state index in [-0.39, 0.29) is 0 Å². The molecule has 15 rings (SSSR count). The van der Waals surface area contributed by atoms with E-state index in [0.717, 1.165) is 33.7 Å². The first-order valence-corrected chi connectivity index (χ1v) is 33.9. The molecule has 0 aliphatic carbocycles. The van der Waals surface area contributed by atoms with E-state index >= 15 is 0 Å². The third kappa shape index (κ3) is 9.56. The molecule has 2 heterocycles. The predicted octanol–water partition coefficient (Wildman–Crippen LogP) is 14.7. The second-order valence-electron chi connectivity index (χ2n) is 22.4. The fraction of sp³-hybridized carbons (Fsp3) is 0. The van der Waals surface area contributed by atoms with Gasteiger partial charge < -0.3 is 0 Å². The number of aromatic nitrogens is 3. The van der Waals surface area contributed by atoms with Gasteiger partial charge in [-0.3, -0.25) is 4.57 Å². The molecule has 410 valence electrons. The Hall–Kier alpha value is -10.8. The van der Waals surface area contributed by atoms with Crippen LogP contribution in [0.1, 0.15) is 0 Å². The van der Waals surface area contributed by atoms with E-state index in [4.69, 9.17) is 9.97 Å². The van der Waals surface area contributed by atoms with Gasteiger partial charge in [0.2, 0.25) is 0 Å². The fourth-order valence-corrected chi connectivity index (χ4v) is 23.4. The first-order valence-electron chi connectivity index (χ1n) is 29.9. The zero-order valence-corrected chi connectivity index (χ0v) is 49.9. The highest BCUT2D eigenvalue weighted by molar-refractivity contribution is 7.22. The normalized spacial score (nSPS) is 11.7. The first kappa shape index (κ1) is 52.9. The van der Waals surface area contributed by atoms with Gasteiger partial charge >= 0.3 is 0 Å². The lowest BCUT2D eigenvalue weighted by Gasteiger charge is -2.39. The summed E-state index contributed by atoms with van der Waals surface area (Å²) in [7, 11) is -6.95. The van der Waals surface area contributed by atoms with Crippen molar-refractivity contribution in [2.45, 2.75) is 0 Å². The molecule has 0 atom stereocenters. The Morgan fingerprint density at radius 1 is 0.207 bits per heavy atom. The van der Waals surface area contributed by atoms with Gasteiger partial charge in [-0.2, -0.15) is 0 Å². The zero-order valence-electron chi connectivity index (χ0n) is 47.9. The third-order valence-corrected chi connectivity index (χ3v) is 26.9. The molecule has 0 spiro atoms. The highest BCUT2D eigenvalue weighted by Gasteiger charge is 2.46. The Bertz CT molecular complexity index is 4730. The average Bonchev–Trinajstić information content (AvgIpc) is 1.17. The van der Waals surface area contributed by atoms with E-state index in [9.17, 15) is 0 Å². The standard InChI is InChI=1S/C82H59N3Si2/c1-8-29-60(30-9-1)64-37-26-46-71(53-64)86(68-40-16-5-17-41-68,69-42-18-6-19-43-69)74-56-67(82-83-78(63-35-14-4-15-36-63)59-81(84-82)85-79-51-24-22-49-76(79)77-50-23-25-52-80(77)85)57-75(58-74)87(70-44-20-7-21-45-70,72-47-27-38-65(54-72)61-31-10-2-11-32-61)73-48-28-39-66(55-73)62-33-12-3-13-34-62/h1-59H. The summed E-state index contributed by atoms with van der Waals surface area (Å²) < 4.78 is 2.34. The average molecular weight is 1140 g/mol. The predicted molar refractivity (Wildman–Crippen MR) is 371 cm³/mol. The maximum atomic E-state index is 5.90. The van der Waals surface area contributed by atoms with Gasteiger partial charge in [-0.25, -0.2) is 9.97 Å². The van der Waals surface area contributed by atoms with Crippen molar-refractivity contribution in [3.8, 4) is 61.8 Å². The minimum absolute atomic E-state index is 0.644. The van der Waals surface area contributed by atoms with Gasteiger partial charge in [0.15, 0.2) is 22.0 Å². The van der Waals surface area contributed by atoms with Crippen LogP contribution in [0.15, 0.2) is 358 Å². The Balaban J connectivity index is 1.13. The van der Waals surface area contributed by atoms with Crippen molar-refractivity contribution in [1.29, 1.82) is 0 Å². The van der Waals surface area contributed by atoms with Crippen molar-refractivity contribution in [2.75, 3.05) is 0 Å². The summed E-state index contributed by atoms with van der Waals surface area (Å²) in [4.78, 5) is 11.7. The minimum Gasteiger partial charge on any atom is -0.294 e. The summed E-state index contributed by atoms with van der Waals surface area (Å²) in [5.74, 6) is 1.44. The number of benzene rings is 13. The lowest BCUT2D eigenvalue weighted by atomic mass is 10.1. The van der Waals surface area contributed by atoms with Crippen molar-refractivity contribution in [3.05, 3.63) is 358 Å². The van der Waals surface area contributed by atoms with Crippen molar-refractivity contribution >= 4 is 79.4 Å². The van der Waals surface area contributed by atoms with Crippen molar-refractivity contribution in [1.82, 2.24) is 14.5 Å². The molecular weight excluding hydrogens is 1080 g/mol. The molecule has 0 saturated heterocycles. The fourth-order valence-electron chi connectivity index (χ4n) is 13.5. The SMILES string of the molecule is c1ccc(-c2cccc([Si](c3ccccc3)(c3ccccc3)c3cc(-c4nc(-c5ccccc5)cc(-n5c6ccccc6c6ccccc65)n4)cc([Si](c4ccccc4)(c4cccc(-c5ccccc5)c4)c4cccc(-c5ccccc5)c4)c3)c2)cc1. The number of nitrogens with zero attached hydrogens (tertiary/aromatic N) is 3. The van der Waals surface area contributed by atoms with Gasteiger partial charge in [-0.1, -0.05) is 340 Å². The number of hydrogen-bond acceptors (Lipinski definition) is 2. The van der Waals surface area contributed by atoms with Crippen molar-refractivity contribution in [3.63, 3.8) is 0 Å². The summed E-state index contributed by atoms with van der Waals surface area (Å²) in [6, 6.07) is 133. The number of hydrogen-bond donors (Lipinski definition) is 0. The highest BCUT2D eigenvalue weighted by atomic mass is 28.3. The first-order chi connectivity index (χ1) is 43.1. The Labute approximate surface area is 510 Å². The Morgan fingerprint density at radius 2 is 0.506 bits per heavy atom. The van der Waals surface area contributed by atoms with Gasteiger partial charge in [0.25, 0.3) is 0 Å². The second-order valence-corrected chi connectivity index (χ2v) is 30.0. The molecule has 0 aliphatic rings. The molecule has 0 unspecified atom stereocenters. The maximum absolute atomic E-state index is 5.90. The van der Waals surface area contributed by atoms with E-state index in [2.05, 4.69) is 362 Å². The molecular formula is C82H59N3Si2. The van der Waals surface area contributed by atoms with Crippen LogP contribution in [-0.2, 0) is 0 Å². The van der Waals surface area contributed by atoms with E-state index in [1.54, 1.807) is 0 Å². The van der Waals surface area contributed by atoms with Crippen LogP contribution in [0.25, 0.3) is 83.6 Å². The van der Waals surface area contributed by atoms with Crippen LogP contribution in [0, 0.1) is 0 Å². The van der Waals surface area contributed by atoms with Crippen LogP contribution >= 0.6 is 0 Å². The lowest BCUT2D eigenvalue weighted by molar-refractivity contribution is 1.05.